The van der Waals surface area contributed by atoms with E-state index in [1.54, 1.807) is 0 Å². The molecule has 0 radical (unpaired) electrons. The van der Waals surface area contributed by atoms with Crippen LogP contribution in [0.5, 0.6) is 0 Å². The van der Waals surface area contributed by atoms with Crippen LogP contribution in [-0.2, 0) is 6.54 Å². The Hall–Kier alpha value is -0.900. The largest absolute Gasteiger partial charge is 0.313 e. The molecule has 0 amide bonds. The molecular weight excluding hydrogens is 234 g/mol. The zero-order valence-electron chi connectivity index (χ0n) is 11.9. The van der Waals surface area contributed by atoms with Crippen molar-refractivity contribution in [2.75, 3.05) is 26.7 Å². The molecule has 3 rings (SSSR count). The molecule has 0 saturated carbocycles. The fraction of sp³-hybridized carbons (Fsp3) is 0.625. The number of fused-ring (bicyclic) bond motifs is 1. The number of likely N-dealkylation sites (N-methyl/N-ethyl adjacent to an activating group) is 1. The minimum atomic E-state index is 0.516. The fourth-order valence-corrected chi connectivity index (χ4v) is 3.42. The molecular formula is C16H25N3. The number of hydrogen-bond donors (Lipinski definition) is 2. The molecule has 2 heterocycles. The maximum atomic E-state index is 3.90. The lowest BCUT2D eigenvalue weighted by atomic mass is 9.97. The van der Waals surface area contributed by atoms with Crippen molar-refractivity contribution in [3.05, 3.63) is 35.4 Å². The second-order valence-electron chi connectivity index (χ2n) is 5.98. The van der Waals surface area contributed by atoms with E-state index in [1.165, 1.54) is 43.5 Å². The molecule has 1 saturated heterocycles. The van der Waals surface area contributed by atoms with Crippen LogP contribution in [0.15, 0.2) is 24.3 Å². The first kappa shape index (κ1) is 13.1. The van der Waals surface area contributed by atoms with Gasteiger partial charge in [-0.2, -0.15) is 0 Å². The lowest BCUT2D eigenvalue weighted by Crippen LogP contribution is -2.45. The van der Waals surface area contributed by atoms with Gasteiger partial charge < -0.3 is 15.5 Å². The number of piperidine rings is 1. The quantitative estimate of drug-likeness (QED) is 0.849. The zero-order chi connectivity index (χ0) is 13.1. The summed E-state index contributed by atoms with van der Waals surface area (Å²) in [6.07, 6.45) is 3.83. The molecule has 104 valence electrons. The third kappa shape index (κ3) is 3.16. The van der Waals surface area contributed by atoms with Crippen LogP contribution in [0.3, 0.4) is 0 Å². The molecule has 2 unspecified atom stereocenters. The van der Waals surface area contributed by atoms with E-state index in [4.69, 9.17) is 0 Å². The van der Waals surface area contributed by atoms with E-state index in [1.807, 2.05) is 0 Å². The summed E-state index contributed by atoms with van der Waals surface area (Å²) in [6.45, 7) is 4.56. The molecule has 2 aliphatic heterocycles. The first-order valence-electron chi connectivity index (χ1n) is 7.56. The highest BCUT2D eigenvalue weighted by atomic mass is 15.1. The van der Waals surface area contributed by atoms with Crippen molar-refractivity contribution >= 4 is 0 Å². The molecule has 3 nitrogen and oxygen atoms in total. The summed E-state index contributed by atoms with van der Waals surface area (Å²) in [4.78, 5) is 2.45. The van der Waals surface area contributed by atoms with E-state index in [2.05, 4.69) is 46.8 Å². The van der Waals surface area contributed by atoms with Gasteiger partial charge in [0.1, 0.15) is 0 Å². The highest BCUT2D eigenvalue weighted by Gasteiger charge is 2.23. The van der Waals surface area contributed by atoms with Crippen molar-refractivity contribution in [1.29, 1.82) is 0 Å². The van der Waals surface area contributed by atoms with Crippen molar-refractivity contribution in [3.63, 3.8) is 0 Å². The Morgan fingerprint density at radius 1 is 1.26 bits per heavy atom. The molecule has 0 spiro atoms. The first-order chi connectivity index (χ1) is 9.33. The average Bonchev–Trinajstić information content (AvgIpc) is 2.62. The highest BCUT2D eigenvalue weighted by Crippen LogP contribution is 2.25. The van der Waals surface area contributed by atoms with E-state index >= 15 is 0 Å². The van der Waals surface area contributed by atoms with E-state index in [0.29, 0.717) is 12.1 Å². The molecule has 2 atom stereocenters. The summed E-state index contributed by atoms with van der Waals surface area (Å²) >= 11 is 0. The molecule has 3 heteroatoms. The third-order valence-corrected chi connectivity index (χ3v) is 4.42. The molecule has 1 aromatic carbocycles. The van der Waals surface area contributed by atoms with Gasteiger partial charge in [0.05, 0.1) is 0 Å². The van der Waals surface area contributed by atoms with Crippen molar-refractivity contribution in [2.45, 2.75) is 37.9 Å². The topological polar surface area (TPSA) is 27.3 Å². The van der Waals surface area contributed by atoms with Gasteiger partial charge in [0.2, 0.25) is 0 Å². The van der Waals surface area contributed by atoms with E-state index in [9.17, 15) is 0 Å². The minimum Gasteiger partial charge on any atom is -0.313 e. The number of nitrogens with zero attached hydrogens (tertiary/aromatic N) is 1. The van der Waals surface area contributed by atoms with Crippen LogP contribution in [0.2, 0.25) is 0 Å². The van der Waals surface area contributed by atoms with Gasteiger partial charge in [0.25, 0.3) is 0 Å². The number of nitrogens with one attached hydrogen (secondary N) is 2. The highest BCUT2D eigenvalue weighted by molar-refractivity contribution is 5.31. The zero-order valence-corrected chi connectivity index (χ0v) is 11.9. The Morgan fingerprint density at radius 2 is 2.16 bits per heavy atom. The molecule has 0 aliphatic carbocycles. The first-order valence-corrected chi connectivity index (χ1v) is 7.56. The SMILES string of the molecule is CN1CCCC(NC2CCNCc3ccccc32)C1. The summed E-state index contributed by atoms with van der Waals surface area (Å²) in [5, 5.41) is 7.43. The maximum absolute atomic E-state index is 3.90. The Labute approximate surface area is 116 Å². The van der Waals surface area contributed by atoms with Crippen LogP contribution in [-0.4, -0.2) is 37.6 Å². The summed E-state index contributed by atoms with van der Waals surface area (Å²) < 4.78 is 0. The second kappa shape index (κ2) is 6.04. The molecule has 1 aromatic rings. The second-order valence-corrected chi connectivity index (χ2v) is 5.98. The van der Waals surface area contributed by atoms with Crippen LogP contribution in [0, 0.1) is 0 Å². The van der Waals surface area contributed by atoms with Crippen molar-refractivity contribution in [1.82, 2.24) is 15.5 Å². The average molecular weight is 259 g/mol. The van der Waals surface area contributed by atoms with Crippen LogP contribution in [0.25, 0.3) is 0 Å². The van der Waals surface area contributed by atoms with Crippen LogP contribution in [0.4, 0.5) is 0 Å². The van der Waals surface area contributed by atoms with Crippen molar-refractivity contribution in [3.8, 4) is 0 Å². The third-order valence-electron chi connectivity index (χ3n) is 4.42. The van der Waals surface area contributed by atoms with Gasteiger partial charge in [-0.3, -0.25) is 0 Å². The van der Waals surface area contributed by atoms with Crippen LogP contribution in [0.1, 0.15) is 36.4 Å². The van der Waals surface area contributed by atoms with Crippen molar-refractivity contribution < 1.29 is 0 Å². The summed E-state index contributed by atoms with van der Waals surface area (Å²) in [6, 6.07) is 10.0. The fourth-order valence-electron chi connectivity index (χ4n) is 3.42. The predicted molar refractivity (Wildman–Crippen MR) is 79.2 cm³/mol. The molecule has 2 aliphatic rings. The lowest BCUT2D eigenvalue weighted by Gasteiger charge is -2.33. The van der Waals surface area contributed by atoms with E-state index in [-0.39, 0.29) is 0 Å². The van der Waals surface area contributed by atoms with Crippen LogP contribution < -0.4 is 10.6 Å². The van der Waals surface area contributed by atoms with Gasteiger partial charge in [-0.25, -0.2) is 0 Å². The van der Waals surface area contributed by atoms with Gasteiger partial charge in [-0.15, -0.1) is 0 Å². The standard InChI is InChI=1S/C16H25N3/c1-19-10-4-6-14(12-19)18-16-8-9-17-11-13-5-2-3-7-15(13)16/h2-3,5,7,14,16-18H,4,6,8-12H2,1H3. The minimum absolute atomic E-state index is 0.516. The number of hydrogen-bond acceptors (Lipinski definition) is 3. The summed E-state index contributed by atoms with van der Waals surface area (Å²) in [7, 11) is 2.23. The number of likely N-dealkylation sites (tertiary alicyclic amines) is 1. The van der Waals surface area contributed by atoms with E-state index in [0.717, 1.165) is 13.1 Å². The van der Waals surface area contributed by atoms with Gasteiger partial charge in [0, 0.05) is 25.2 Å². The van der Waals surface area contributed by atoms with Crippen LogP contribution >= 0.6 is 0 Å². The van der Waals surface area contributed by atoms with Gasteiger partial charge in [0.15, 0.2) is 0 Å². The molecule has 1 fully saturated rings. The number of rotatable bonds is 2. The Morgan fingerprint density at radius 3 is 3.05 bits per heavy atom. The summed E-state index contributed by atoms with van der Waals surface area (Å²) in [5.74, 6) is 0. The Bertz CT molecular complexity index is 418. The van der Waals surface area contributed by atoms with Gasteiger partial charge in [-0.05, 0) is 50.5 Å². The molecule has 0 bridgehead atoms. The number of benzene rings is 1. The molecule has 19 heavy (non-hydrogen) atoms. The molecule has 0 aromatic heterocycles. The monoisotopic (exact) mass is 259 g/mol. The predicted octanol–water partition coefficient (Wildman–Crippen LogP) is 1.90. The van der Waals surface area contributed by atoms with Gasteiger partial charge in [-0.1, -0.05) is 24.3 Å². The summed E-state index contributed by atoms with van der Waals surface area (Å²) in [5.41, 5.74) is 2.96. The van der Waals surface area contributed by atoms with Crippen molar-refractivity contribution in [2.24, 2.45) is 0 Å². The lowest BCUT2D eigenvalue weighted by molar-refractivity contribution is 0.214. The molecule has 2 N–H and O–H groups in total. The normalized spacial score (nSPS) is 28.7. The van der Waals surface area contributed by atoms with Gasteiger partial charge >= 0.3 is 0 Å². The Balaban J connectivity index is 1.73. The maximum Gasteiger partial charge on any atom is 0.0338 e. The smallest absolute Gasteiger partial charge is 0.0338 e. The Kier molecular flexibility index (Phi) is 4.16. The van der Waals surface area contributed by atoms with E-state index < -0.39 is 0 Å².